The summed E-state index contributed by atoms with van der Waals surface area (Å²) < 4.78 is 171. The summed E-state index contributed by atoms with van der Waals surface area (Å²) in [5, 5.41) is 0. The molecule has 0 saturated carbocycles. The first-order valence-electron chi connectivity index (χ1n) is 10.0. The van der Waals surface area contributed by atoms with E-state index in [4.69, 9.17) is 16.5 Å². The van der Waals surface area contributed by atoms with Crippen LogP contribution in [0.5, 0.6) is 0 Å². The van der Waals surface area contributed by atoms with Crippen LogP contribution in [0, 0.1) is 0 Å². The average Bonchev–Trinajstić information content (AvgIpc) is 2.70. The summed E-state index contributed by atoms with van der Waals surface area (Å²) in [5.74, 6) is -28.1. The van der Waals surface area contributed by atoms with Crippen LogP contribution in [0.2, 0.25) is 32.2 Å². The first kappa shape index (κ1) is 33.2. The zero-order valence-corrected chi connectivity index (χ0v) is 23.6. The van der Waals surface area contributed by atoms with Gasteiger partial charge in [-0.05, 0) is 32.2 Å². The molecule has 0 radical (unpaired) electrons. The maximum atomic E-state index is 14.3. The summed E-state index contributed by atoms with van der Waals surface area (Å²) >= 11 is 0. The molecule has 0 aliphatic carbocycles. The van der Waals surface area contributed by atoms with Gasteiger partial charge in [0.25, 0.3) is 0 Å². The average molecular weight is 615 g/mol. The van der Waals surface area contributed by atoms with Crippen molar-refractivity contribution in [3.8, 4) is 0 Å². The smallest absolute Gasteiger partial charge is 0.413 e. The third-order valence-electron chi connectivity index (χ3n) is 5.26. The van der Waals surface area contributed by atoms with E-state index in [1.54, 1.807) is 0 Å². The van der Waals surface area contributed by atoms with Crippen molar-refractivity contribution in [1.29, 1.82) is 0 Å². The lowest BCUT2D eigenvalue weighted by Gasteiger charge is -2.48. The Balaban J connectivity index is 3.42. The van der Waals surface area contributed by atoms with Crippen molar-refractivity contribution in [2.75, 3.05) is 0 Å². The van der Waals surface area contributed by atoms with Crippen molar-refractivity contribution in [2.24, 2.45) is 0 Å². The van der Waals surface area contributed by atoms with E-state index >= 15 is 0 Å². The monoisotopic (exact) mass is 614 g/mol. The van der Waals surface area contributed by atoms with Crippen molar-refractivity contribution < 1.29 is 64.8 Å². The van der Waals surface area contributed by atoms with Gasteiger partial charge in [0.05, 0.1) is 0 Å². The lowest BCUT2D eigenvalue weighted by atomic mass is 9.96. The molecule has 210 valence electrons. The van der Waals surface area contributed by atoms with Crippen molar-refractivity contribution >= 4 is 34.2 Å². The van der Waals surface area contributed by atoms with Crippen molar-refractivity contribution in [2.45, 2.75) is 68.5 Å². The number of alkyl halides is 11. The molecule has 2 unspecified atom stereocenters. The normalized spacial score (nSPS) is 33.4. The Morgan fingerprint density at radius 2 is 0.889 bits per heavy atom. The third kappa shape index (κ3) is 6.07. The Bertz CT molecular complexity index is 844. The lowest BCUT2D eigenvalue weighted by molar-refractivity contribution is -0.422. The SMILES string of the molecule is C=C[Si]1(C)O[Si](C)(C=C)O[Si](C)(CCC(F)(F)C(F)(F)C(F)(F)C(F)(F)C(F)(F)F)O[Si](C)(C=C)O1. The summed E-state index contributed by atoms with van der Waals surface area (Å²) in [5.41, 5.74) is 3.72. The molecule has 0 amide bonds. The molecule has 0 aromatic heterocycles. The van der Waals surface area contributed by atoms with Crippen LogP contribution < -0.4 is 0 Å². The summed E-state index contributed by atoms with van der Waals surface area (Å²) in [7, 11) is -14.6. The van der Waals surface area contributed by atoms with Crippen molar-refractivity contribution in [3.05, 3.63) is 36.8 Å². The predicted molar refractivity (Wildman–Crippen MR) is 117 cm³/mol. The van der Waals surface area contributed by atoms with Crippen LogP contribution in [0.4, 0.5) is 48.3 Å². The van der Waals surface area contributed by atoms with Crippen LogP contribution in [-0.4, -0.2) is 64.1 Å². The van der Waals surface area contributed by atoms with Gasteiger partial charge in [0.1, 0.15) is 0 Å². The minimum absolute atomic E-state index is 1.08. The molecule has 4 nitrogen and oxygen atoms in total. The second-order valence-corrected chi connectivity index (χ2v) is 22.0. The summed E-state index contributed by atoms with van der Waals surface area (Å²) in [6.45, 7) is 16.0. The topological polar surface area (TPSA) is 36.9 Å². The molecular formula is C17H25F11O4Si4. The van der Waals surface area contributed by atoms with Gasteiger partial charge in [0.2, 0.25) is 0 Å². The van der Waals surface area contributed by atoms with Crippen molar-refractivity contribution in [3.63, 3.8) is 0 Å². The van der Waals surface area contributed by atoms with E-state index in [0.29, 0.717) is 0 Å². The molecule has 36 heavy (non-hydrogen) atoms. The lowest BCUT2D eigenvalue weighted by Crippen LogP contribution is -2.68. The summed E-state index contributed by atoms with van der Waals surface area (Å²) in [6, 6.07) is -1.24. The quantitative estimate of drug-likeness (QED) is 0.207. The van der Waals surface area contributed by atoms with E-state index in [-0.39, 0.29) is 0 Å². The number of rotatable bonds is 9. The highest BCUT2D eigenvalue weighted by Gasteiger charge is 2.87. The molecule has 1 rings (SSSR count). The first-order valence-corrected chi connectivity index (χ1v) is 19.7. The molecule has 0 N–H and O–H groups in total. The first-order chi connectivity index (χ1) is 15.7. The zero-order chi connectivity index (χ0) is 28.9. The van der Waals surface area contributed by atoms with E-state index in [1.165, 1.54) is 36.7 Å². The maximum absolute atomic E-state index is 14.3. The molecule has 0 aromatic carbocycles. The zero-order valence-electron chi connectivity index (χ0n) is 19.6. The Kier molecular flexibility index (Phi) is 8.96. The number of halogens is 11. The highest BCUT2D eigenvalue weighted by atomic mass is 28.5. The fourth-order valence-corrected chi connectivity index (χ4v) is 22.3. The van der Waals surface area contributed by atoms with Gasteiger partial charge in [-0.1, -0.05) is 17.1 Å². The molecule has 1 heterocycles. The van der Waals surface area contributed by atoms with E-state index in [0.717, 1.165) is 6.55 Å². The van der Waals surface area contributed by atoms with Gasteiger partial charge in [0.15, 0.2) is 0 Å². The summed E-state index contributed by atoms with van der Waals surface area (Å²) in [4.78, 5) is 0. The fraction of sp³-hybridized carbons (Fsp3) is 0.647. The van der Waals surface area contributed by atoms with E-state index in [9.17, 15) is 48.3 Å². The molecule has 0 bridgehead atoms. The van der Waals surface area contributed by atoms with E-state index in [2.05, 4.69) is 19.7 Å². The molecule has 2 atom stereocenters. The third-order valence-corrected chi connectivity index (χ3v) is 21.8. The highest BCUT2D eigenvalue weighted by Crippen LogP contribution is 2.58. The standard InChI is InChI=1S/C17H25F11O4Si4/c1-8-33(4)29-34(5,9-2)31-36(7,32-35(6,10-3)30-33)12-11-13(18,19)14(20,21)15(22,23)16(24,25)17(26,27)28/h8-10H,1-3,11-12H2,4-7H3. The second-order valence-electron chi connectivity index (χ2n) is 8.63. The van der Waals surface area contributed by atoms with Crippen molar-refractivity contribution in [1.82, 2.24) is 0 Å². The number of hydrogen-bond donors (Lipinski definition) is 0. The Labute approximate surface area is 204 Å². The molecular weight excluding hydrogens is 590 g/mol. The molecule has 1 fully saturated rings. The van der Waals surface area contributed by atoms with Gasteiger partial charge >= 0.3 is 64.1 Å². The van der Waals surface area contributed by atoms with E-state index in [1.807, 2.05) is 0 Å². The fourth-order valence-electron chi connectivity index (χ4n) is 3.24. The molecule has 1 saturated heterocycles. The summed E-state index contributed by atoms with van der Waals surface area (Å²) in [6.07, 6.45) is -9.51. The minimum atomic E-state index is -7.48. The van der Waals surface area contributed by atoms with E-state index < -0.39 is 76.6 Å². The van der Waals surface area contributed by atoms with Crippen LogP contribution in [0.3, 0.4) is 0 Å². The molecule has 0 aromatic rings. The molecule has 1 aliphatic rings. The Morgan fingerprint density at radius 1 is 0.556 bits per heavy atom. The van der Waals surface area contributed by atoms with Crippen LogP contribution in [0.25, 0.3) is 0 Å². The Morgan fingerprint density at radius 3 is 1.19 bits per heavy atom. The molecule has 1 aliphatic heterocycles. The highest BCUT2D eigenvalue weighted by molar-refractivity contribution is 6.97. The van der Waals surface area contributed by atoms with Crippen LogP contribution in [0.1, 0.15) is 6.42 Å². The van der Waals surface area contributed by atoms with Crippen LogP contribution >= 0.6 is 0 Å². The minimum Gasteiger partial charge on any atom is -0.413 e. The van der Waals surface area contributed by atoms with Gasteiger partial charge in [-0.25, -0.2) is 0 Å². The largest absolute Gasteiger partial charge is 0.460 e. The van der Waals surface area contributed by atoms with Gasteiger partial charge < -0.3 is 16.5 Å². The molecule has 0 spiro atoms. The maximum Gasteiger partial charge on any atom is 0.460 e. The molecule has 19 heteroatoms. The van der Waals surface area contributed by atoms with Crippen LogP contribution in [0.15, 0.2) is 36.8 Å². The van der Waals surface area contributed by atoms with Crippen LogP contribution in [-0.2, 0) is 16.5 Å². The Hall–Kier alpha value is -0.842. The van der Waals surface area contributed by atoms with Gasteiger partial charge in [-0.15, -0.1) is 19.7 Å². The van der Waals surface area contributed by atoms with Gasteiger partial charge in [-0.2, -0.15) is 48.3 Å². The second kappa shape index (κ2) is 9.72. The van der Waals surface area contributed by atoms with Gasteiger partial charge in [-0.3, -0.25) is 0 Å². The predicted octanol–water partition coefficient (Wildman–Crippen LogP) is 7.02. The van der Waals surface area contributed by atoms with Gasteiger partial charge in [0, 0.05) is 6.42 Å². The number of hydrogen-bond acceptors (Lipinski definition) is 4.